The summed E-state index contributed by atoms with van der Waals surface area (Å²) in [4.78, 5) is 4.40. The highest BCUT2D eigenvalue weighted by Gasteiger charge is 2.01. The molecule has 19 heavy (non-hydrogen) atoms. The zero-order valence-corrected chi connectivity index (χ0v) is 12.1. The number of nitrogens with one attached hydrogen (secondary N) is 1. The summed E-state index contributed by atoms with van der Waals surface area (Å²) in [6.45, 7) is 5.33. The molecule has 1 rings (SSSR count). The molecular weight excluding hydrogens is 244 g/mol. The number of methoxy groups -OCH3 is 1. The zero-order valence-electron chi connectivity index (χ0n) is 12.1. The molecule has 0 radical (unpaired) electrons. The molecule has 5 heteroatoms. The van der Waals surface area contributed by atoms with Crippen LogP contribution in [0.5, 0.6) is 5.88 Å². The van der Waals surface area contributed by atoms with Crippen LogP contribution in [-0.2, 0) is 16.0 Å². The Kier molecular flexibility index (Phi) is 8.13. The van der Waals surface area contributed by atoms with E-state index in [1.807, 2.05) is 26.1 Å². The van der Waals surface area contributed by atoms with Crippen LogP contribution in [0.4, 0.5) is 0 Å². The largest absolute Gasteiger partial charge is 0.475 e. The van der Waals surface area contributed by atoms with Gasteiger partial charge >= 0.3 is 0 Å². The summed E-state index contributed by atoms with van der Waals surface area (Å²) in [7, 11) is 3.61. The van der Waals surface area contributed by atoms with Crippen LogP contribution in [0, 0.1) is 6.92 Å². The van der Waals surface area contributed by atoms with Gasteiger partial charge in [-0.25, -0.2) is 4.98 Å². The Morgan fingerprint density at radius 2 is 2.00 bits per heavy atom. The van der Waals surface area contributed by atoms with Gasteiger partial charge in [-0.2, -0.15) is 0 Å². The molecule has 1 aromatic heterocycles. The summed E-state index contributed by atoms with van der Waals surface area (Å²) in [5.41, 5.74) is 2.18. The van der Waals surface area contributed by atoms with Crippen molar-refractivity contribution in [3.05, 3.63) is 23.4 Å². The summed E-state index contributed by atoms with van der Waals surface area (Å²) < 4.78 is 15.9. The van der Waals surface area contributed by atoms with Crippen molar-refractivity contribution in [3.63, 3.8) is 0 Å². The topological polar surface area (TPSA) is 52.6 Å². The van der Waals surface area contributed by atoms with E-state index in [-0.39, 0.29) is 0 Å². The minimum absolute atomic E-state index is 0.519. The standard InChI is InChI=1S/C14H24N2O3/c1-12-13(11-15-2)5-6-14(16-12)19-10-9-18-8-4-7-17-3/h5-6,15H,4,7-11H2,1-3H3. The van der Waals surface area contributed by atoms with E-state index < -0.39 is 0 Å². The van der Waals surface area contributed by atoms with Crippen LogP contribution < -0.4 is 10.1 Å². The number of hydrogen-bond donors (Lipinski definition) is 1. The first-order valence-electron chi connectivity index (χ1n) is 6.58. The van der Waals surface area contributed by atoms with E-state index in [0.717, 1.165) is 25.3 Å². The van der Waals surface area contributed by atoms with Gasteiger partial charge in [-0.1, -0.05) is 6.07 Å². The number of aromatic nitrogens is 1. The van der Waals surface area contributed by atoms with Gasteiger partial charge in [0.15, 0.2) is 0 Å². The van der Waals surface area contributed by atoms with Gasteiger partial charge in [0.05, 0.1) is 6.61 Å². The third kappa shape index (κ3) is 6.52. The number of pyridine rings is 1. The summed E-state index contributed by atoms with van der Waals surface area (Å²) in [6, 6.07) is 3.93. The van der Waals surface area contributed by atoms with E-state index >= 15 is 0 Å². The van der Waals surface area contributed by atoms with Gasteiger partial charge in [-0.15, -0.1) is 0 Å². The molecular formula is C14H24N2O3. The average molecular weight is 268 g/mol. The normalized spacial score (nSPS) is 10.7. The fraction of sp³-hybridized carbons (Fsp3) is 0.643. The highest BCUT2D eigenvalue weighted by atomic mass is 16.5. The van der Waals surface area contributed by atoms with Crippen LogP contribution in [0.25, 0.3) is 0 Å². The van der Waals surface area contributed by atoms with Crippen molar-refractivity contribution in [2.24, 2.45) is 0 Å². The van der Waals surface area contributed by atoms with Gasteiger partial charge in [0.2, 0.25) is 5.88 Å². The van der Waals surface area contributed by atoms with E-state index in [2.05, 4.69) is 10.3 Å². The first-order valence-corrected chi connectivity index (χ1v) is 6.58. The quantitative estimate of drug-likeness (QED) is 0.652. The van der Waals surface area contributed by atoms with E-state index in [1.165, 1.54) is 5.56 Å². The van der Waals surface area contributed by atoms with Crippen molar-refractivity contribution >= 4 is 0 Å². The van der Waals surface area contributed by atoms with Crippen LogP contribution in [0.1, 0.15) is 17.7 Å². The third-order valence-electron chi connectivity index (χ3n) is 2.65. The molecule has 0 aliphatic rings. The molecule has 5 nitrogen and oxygen atoms in total. The molecule has 0 spiro atoms. The van der Waals surface area contributed by atoms with Gasteiger partial charge in [0.25, 0.3) is 0 Å². The van der Waals surface area contributed by atoms with E-state index in [9.17, 15) is 0 Å². The predicted molar refractivity (Wildman–Crippen MR) is 74.5 cm³/mol. The van der Waals surface area contributed by atoms with Gasteiger partial charge < -0.3 is 19.5 Å². The third-order valence-corrected chi connectivity index (χ3v) is 2.65. The first kappa shape index (κ1) is 15.9. The Balaban J connectivity index is 2.20. The Morgan fingerprint density at radius 3 is 2.68 bits per heavy atom. The van der Waals surface area contributed by atoms with Crippen LogP contribution >= 0.6 is 0 Å². The lowest BCUT2D eigenvalue weighted by atomic mass is 10.2. The summed E-state index contributed by atoms with van der Waals surface area (Å²) in [6.07, 6.45) is 0.909. The number of rotatable bonds is 10. The molecule has 1 N–H and O–H groups in total. The second kappa shape index (κ2) is 9.72. The van der Waals surface area contributed by atoms with Crippen molar-refractivity contribution in [1.82, 2.24) is 10.3 Å². The second-order valence-corrected chi connectivity index (χ2v) is 4.23. The molecule has 108 valence electrons. The fourth-order valence-electron chi connectivity index (χ4n) is 1.64. The highest BCUT2D eigenvalue weighted by molar-refractivity contribution is 5.24. The van der Waals surface area contributed by atoms with Crippen LogP contribution in [0.3, 0.4) is 0 Å². The van der Waals surface area contributed by atoms with E-state index in [1.54, 1.807) is 7.11 Å². The minimum atomic E-state index is 0.519. The second-order valence-electron chi connectivity index (χ2n) is 4.23. The monoisotopic (exact) mass is 268 g/mol. The van der Waals surface area contributed by atoms with Gasteiger partial charge in [-0.05, 0) is 26.0 Å². The molecule has 0 saturated carbocycles. The molecule has 0 bridgehead atoms. The Labute approximate surface area is 115 Å². The van der Waals surface area contributed by atoms with Crippen LogP contribution in [0.15, 0.2) is 12.1 Å². The lowest BCUT2D eigenvalue weighted by molar-refractivity contribution is 0.0795. The number of ether oxygens (including phenoxy) is 3. The van der Waals surface area contributed by atoms with Crippen molar-refractivity contribution in [2.45, 2.75) is 19.9 Å². The Hall–Kier alpha value is -1.17. The maximum Gasteiger partial charge on any atom is 0.213 e. The molecule has 0 saturated heterocycles. The molecule has 0 amide bonds. The molecule has 0 aromatic carbocycles. The van der Waals surface area contributed by atoms with Crippen molar-refractivity contribution in [3.8, 4) is 5.88 Å². The van der Waals surface area contributed by atoms with Gasteiger partial charge in [0, 0.05) is 38.6 Å². The fourth-order valence-corrected chi connectivity index (χ4v) is 1.64. The number of nitrogens with zero attached hydrogens (tertiary/aromatic N) is 1. The maximum absolute atomic E-state index is 5.54. The molecule has 1 heterocycles. The molecule has 0 aliphatic heterocycles. The van der Waals surface area contributed by atoms with Crippen LogP contribution in [0.2, 0.25) is 0 Å². The van der Waals surface area contributed by atoms with E-state index in [4.69, 9.17) is 14.2 Å². The highest BCUT2D eigenvalue weighted by Crippen LogP contribution is 2.12. The maximum atomic E-state index is 5.54. The zero-order chi connectivity index (χ0) is 13.9. The molecule has 1 aromatic rings. The lowest BCUT2D eigenvalue weighted by Crippen LogP contribution is -2.11. The number of hydrogen-bond acceptors (Lipinski definition) is 5. The van der Waals surface area contributed by atoms with Crippen molar-refractivity contribution in [1.29, 1.82) is 0 Å². The predicted octanol–water partition coefficient (Wildman–Crippen LogP) is 1.54. The smallest absolute Gasteiger partial charge is 0.213 e. The Morgan fingerprint density at radius 1 is 1.16 bits per heavy atom. The summed E-state index contributed by atoms with van der Waals surface area (Å²) in [5, 5.41) is 3.11. The Bertz CT molecular complexity index is 359. The van der Waals surface area contributed by atoms with Crippen LogP contribution in [-0.4, -0.2) is 45.6 Å². The molecule has 0 unspecified atom stereocenters. The van der Waals surface area contributed by atoms with Crippen molar-refractivity contribution in [2.75, 3.05) is 40.6 Å². The molecule has 0 aliphatic carbocycles. The van der Waals surface area contributed by atoms with E-state index in [0.29, 0.717) is 25.7 Å². The van der Waals surface area contributed by atoms with Crippen molar-refractivity contribution < 1.29 is 14.2 Å². The minimum Gasteiger partial charge on any atom is -0.475 e. The SMILES string of the molecule is CNCc1ccc(OCCOCCCOC)nc1C. The first-order chi connectivity index (χ1) is 9.27. The summed E-state index contributed by atoms with van der Waals surface area (Å²) >= 11 is 0. The lowest BCUT2D eigenvalue weighted by Gasteiger charge is -2.09. The molecule has 0 atom stereocenters. The van der Waals surface area contributed by atoms with Gasteiger partial charge in [0.1, 0.15) is 6.61 Å². The number of aryl methyl sites for hydroxylation is 1. The summed E-state index contributed by atoms with van der Waals surface area (Å²) in [5.74, 6) is 0.651. The van der Waals surface area contributed by atoms with Gasteiger partial charge in [-0.3, -0.25) is 0 Å². The molecule has 0 fully saturated rings. The average Bonchev–Trinajstić information content (AvgIpc) is 2.41.